The molecule has 23 heavy (non-hydrogen) atoms. The zero-order chi connectivity index (χ0) is 16.2. The maximum absolute atomic E-state index is 9.37. The van der Waals surface area contributed by atoms with Crippen molar-refractivity contribution in [2.75, 3.05) is 26.8 Å². The van der Waals surface area contributed by atoms with Gasteiger partial charge in [-0.2, -0.15) is 0 Å². The summed E-state index contributed by atoms with van der Waals surface area (Å²) in [6, 6.07) is 5.72. The number of likely N-dealkylation sites (tertiary alicyclic amines) is 1. The first-order chi connectivity index (χ1) is 11.2. The molecule has 0 radical (unpaired) electrons. The van der Waals surface area contributed by atoms with Gasteiger partial charge in [0.15, 0.2) is 0 Å². The summed E-state index contributed by atoms with van der Waals surface area (Å²) >= 11 is 6.24. The summed E-state index contributed by atoms with van der Waals surface area (Å²) in [4.78, 5) is 2.32. The van der Waals surface area contributed by atoms with Crippen LogP contribution in [0.5, 0.6) is 5.75 Å². The van der Waals surface area contributed by atoms with Gasteiger partial charge in [0.05, 0.1) is 36.3 Å². The lowest BCUT2D eigenvalue weighted by Gasteiger charge is -2.21. The molecule has 1 saturated heterocycles. The van der Waals surface area contributed by atoms with Crippen LogP contribution in [0.3, 0.4) is 0 Å². The molecule has 0 spiro atoms. The SMILES string of the molecule is COc1ccc(Cl)c(-n2cc(CCN3CCCC3CO)nn2)c1. The van der Waals surface area contributed by atoms with E-state index in [0.717, 1.165) is 49.5 Å². The van der Waals surface area contributed by atoms with E-state index in [1.165, 1.54) is 0 Å². The number of ether oxygens (including phenoxy) is 1. The normalized spacial score (nSPS) is 18.5. The van der Waals surface area contributed by atoms with Gasteiger partial charge in [0, 0.05) is 25.1 Å². The Morgan fingerprint density at radius 1 is 1.43 bits per heavy atom. The maximum atomic E-state index is 9.37. The number of benzene rings is 1. The predicted octanol–water partition coefficient (Wildman–Crippen LogP) is 1.93. The lowest BCUT2D eigenvalue weighted by atomic mass is 10.2. The molecular formula is C16H21ClN4O2. The van der Waals surface area contributed by atoms with Gasteiger partial charge in [-0.25, -0.2) is 4.68 Å². The summed E-state index contributed by atoms with van der Waals surface area (Å²) in [6.07, 6.45) is 4.92. The van der Waals surface area contributed by atoms with Gasteiger partial charge in [0.2, 0.25) is 0 Å². The number of nitrogens with zero attached hydrogens (tertiary/aromatic N) is 4. The molecule has 1 fully saturated rings. The maximum Gasteiger partial charge on any atom is 0.121 e. The molecular weight excluding hydrogens is 316 g/mol. The number of rotatable bonds is 6. The van der Waals surface area contributed by atoms with Gasteiger partial charge in [0.25, 0.3) is 0 Å². The molecule has 0 amide bonds. The standard InChI is InChI=1S/C16H21ClN4O2/c1-23-14-4-5-15(17)16(9-14)21-10-12(18-19-21)6-8-20-7-2-3-13(20)11-22/h4-5,9-10,13,22H,2-3,6-8,11H2,1H3. The Bertz CT molecular complexity index is 661. The highest BCUT2D eigenvalue weighted by Crippen LogP contribution is 2.25. The third-order valence-electron chi connectivity index (χ3n) is 4.31. The number of aliphatic hydroxyl groups is 1. The van der Waals surface area contributed by atoms with Crippen LogP contribution in [0.2, 0.25) is 5.02 Å². The van der Waals surface area contributed by atoms with Crippen molar-refractivity contribution < 1.29 is 9.84 Å². The van der Waals surface area contributed by atoms with Gasteiger partial charge in [-0.1, -0.05) is 16.8 Å². The van der Waals surface area contributed by atoms with Crippen LogP contribution in [0.25, 0.3) is 5.69 Å². The number of halogens is 1. The minimum Gasteiger partial charge on any atom is -0.497 e. The quantitative estimate of drug-likeness (QED) is 0.873. The monoisotopic (exact) mass is 336 g/mol. The fourth-order valence-electron chi connectivity index (χ4n) is 2.98. The van der Waals surface area contributed by atoms with Crippen molar-refractivity contribution in [3.8, 4) is 11.4 Å². The summed E-state index contributed by atoms with van der Waals surface area (Å²) in [5.41, 5.74) is 1.66. The minimum atomic E-state index is 0.228. The van der Waals surface area contributed by atoms with E-state index in [9.17, 15) is 5.11 Å². The van der Waals surface area contributed by atoms with E-state index in [1.807, 2.05) is 18.3 Å². The molecule has 1 aliphatic rings. The van der Waals surface area contributed by atoms with Crippen molar-refractivity contribution in [2.45, 2.75) is 25.3 Å². The lowest BCUT2D eigenvalue weighted by Crippen LogP contribution is -2.33. The molecule has 2 heterocycles. The van der Waals surface area contributed by atoms with Crippen LogP contribution >= 0.6 is 11.6 Å². The summed E-state index contributed by atoms with van der Waals surface area (Å²) < 4.78 is 6.90. The summed E-state index contributed by atoms with van der Waals surface area (Å²) in [5, 5.41) is 18.4. The Morgan fingerprint density at radius 2 is 2.30 bits per heavy atom. The molecule has 2 aromatic rings. The largest absolute Gasteiger partial charge is 0.497 e. The number of aliphatic hydroxyl groups excluding tert-OH is 1. The first-order valence-corrected chi connectivity index (χ1v) is 8.19. The summed E-state index contributed by atoms with van der Waals surface area (Å²) in [5.74, 6) is 0.726. The van der Waals surface area contributed by atoms with E-state index in [2.05, 4.69) is 15.2 Å². The molecule has 1 aromatic carbocycles. The first kappa shape index (κ1) is 16.2. The topological polar surface area (TPSA) is 63.4 Å². The van der Waals surface area contributed by atoms with Crippen LogP contribution in [0.1, 0.15) is 18.5 Å². The molecule has 3 rings (SSSR count). The van der Waals surface area contributed by atoms with Crippen molar-refractivity contribution in [3.05, 3.63) is 35.1 Å². The molecule has 1 aliphatic heterocycles. The van der Waals surface area contributed by atoms with Gasteiger partial charge >= 0.3 is 0 Å². The first-order valence-electron chi connectivity index (χ1n) is 7.81. The Labute approximate surface area is 140 Å². The Kier molecular flexibility index (Phi) is 5.15. The van der Waals surface area contributed by atoms with Crippen LogP contribution in [0.4, 0.5) is 0 Å². The Balaban J connectivity index is 1.68. The second-order valence-electron chi connectivity index (χ2n) is 5.74. The molecule has 1 unspecified atom stereocenters. The van der Waals surface area contributed by atoms with Crippen LogP contribution in [0.15, 0.2) is 24.4 Å². The molecule has 1 aromatic heterocycles. The molecule has 124 valence electrons. The highest BCUT2D eigenvalue weighted by molar-refractivity contribution is 6.32. The van der Waals surface area contributed by atoms with Crippen molar-refractivity contribution in [3.63, 3.8) is 0 Å². The summed E-state index contributed by atoms with van der Waals surface area (Å²) in [6.45, 7) is 2.16. The Hall–Kier alpha value is -1.63. The second-order valence-corrected chi connectivity index (χ2v) is 6.14. The van der Waals surface area contributed by atoms with Crippen molar-refractivity contribution in [1.82, 2.24) is 19.9 Å². The van der Waals surface area contributed by atoms with Crippen molar-refractivity contribution in [1.29, 1.82) is 0 Å². The number of methoxy groups -OCH3 is 1. The van der Waals surface area contributed by atoms with Gasteiger partial charge in [0.1, 0.15) is 5.75 Å². The van der Waals surface area contributed by atoms with Crippen LogP contribution in [0, 0.1) is 0 Å². The van der Waals surface area contributed by atoms with Gasteiger partial charge in [-0.3, -0.25) is 4.90 Å². The lowest BCUT2D eigenvalue weighted by molar-refractivity contribution is 0.160. The van der Waals surface area contributed by atoms with E-state index < -0.39 is 0 Å². The molecule has 0 aliphatic carbocycles. The summed E-state index contributed by atoms with van der Waals surface area (Å²) in [7, 11) is 1.62. The molecule has 1 N–H and O–H groups in total. The van der Waals surface area contributed by atoms with E-state index in [1.54, 1.807) is 17.9 Å². The van der Waals surface area contributed by atoms with Crippen molar-refractivity contribution >= 4 is 11.6 Å². The van der Waals surface area contributed by atoms with E-state index in [4.69, 9.17) is 16.3 Å². The third kappa shape index (κ3) is 3.65. The van der Waals surface area contributed by atoms with Crippen molar-refractivity contribution in [2.24, 2.45) is 0 Å². The fourth-order valence-corrected chi connectivity index (χ4v) is 3.18. The van der Waals surface area contributed by atoms with E-state index in [0.29, 0.717) is 5.02 Å². The molecule has 0 saturated carbocycles. The fraction of sp³-hybridized carbons (Fsp3) is 0.500. The number of hydrogen-bond acceptors (Lipinski definition) is 5. The Morgan fingerprint density at radius 3 is 3.09 bits per heavy atom. The minimum absolute atomic E-state index is 0.228. The highest BCUT2D eigenvalue weighted by Gasteiger charge is 2.23. The number of aromatic nitrogens is 3. The smallest absolute Gasteiger partial charge is 0.121 e. The average molecular weight is 337 g/mol. The molecule has 7 heteroatoms. The van der Waals surface area contributed by atoms with E-state index >= 15 is 0 Å². The average Bonchev–Trinajstić information content (AvgIpc) is 3.22. The van der Waals surface area contributed by atoms with E-state index in [-0.39, 0.29) is 12.6 Å². The zero-order valence-corrected chi connectivity index (χ0v) is 13.9. The predicted molar refractivity (Wildman–Crippen MR) is 88.3 cm³/mol. The van der Waals surface area contributed by atoms with Gasteiger partial charge < -0.3 is 9.84 Å². The van der Waals surface area contributed by atoms with Crippen LogP contribution in [-0.4, -0.2) is 57.8 Å². The molecule has 0 bridgehead atoms. The van der Waals surface area contributed by atoms with Crippen LogP contribution in [-0.2, 0) is 6.42 Å². The molecule has 1 atom stereocenters. The van der Waals surface area contributed by atoms with Gasteiger partial charge in [-0.15, -0.1) is 5.10 Å². The zero-order valence-electron chi connectivity index (χ0n) is 13.2. The van der Waals surface area contributed by atoms with Gasteiger partial charge in [-0.05, 0) is 31.5 Å². The van der Waals surface area contributed by atoms with Crippen LogP contribution < -0.4 is 4.74 Å². The number of hydrogen-bond donors (Lipinski definition) is 1. The third-order valence-corrected chi connectivity index (χ3v) is 4.63. The molecule has 6 nitrogen and oxygen atoms in total. The second kappa shape index (κ2) is 7.29. The highest BCUT2D eigenvalue weighted by atomic mass is 35.5.